The Hall–Kier alpha value is -3.42. The number of methoxy groups -OCH3 is 1. The van der Waals surface area contributed by atoms with Crippen molar-refractivity contribution in [3.63, 3.8) is 0 Å². The van der Waals surface area contributed by atoms with Crippen LogP contribution in [0.3, 0.4) is 0 Å². The highest BCUT2D eigenvalue weighted by Crippen LogP contribution is 2.47. The number of nitriles is 2. The molecule has 0 bridgehead atoms. The summed E-state index contributed by atoms with van der Waals surface area (Å²) in [6.45, 7) is 7.03. The van der Waals surface area contributed by atoms with E-state index < -0.39 is 22.2 Å². The van der Waals surface area contributed by atoms with Crippen molar-refractivity contribution in [3.05, 3.63) is 59.4 Å². The van der Waals surface area contributed by atoms with Gasteiger partial charge in [0, 0.05) is 36.0 Å². The number of carbonyl (C=O) groups is 1. The van der Waals surface area contributed by atoms with Gasteiger partial charge in [-0.05, 0) is 44.0 Å². The summed E-state index contributed by atoms with van der Waals surface area (Å²) < 4.78 is 20.2. The molecule has 0 spiro atoms. The lowest BCUT2D eigenvalue weighted by molar-refractivity contribution is -0.128. The molecule has 0 amide bonds. The summed E-state index contributed by atoms with van der Waals surface area (Å²) in [5.74, 6) is -0.823. The van der Waals surface area contributed by atoms with E-state index in [9.17, 15) is 19.7 Å². The van der Waals surface area contributed by atoms with E-state index in [0.29, 0.717) is 22.4 Å². The third kappa shape index (κ3) is 3.85. The molecule has 2 heterocycles. The Morgan fingerprint density at radius 2 is 1.90 bits per heavy atom. The second-order valence-corrected chi connectivity index (χ2v) is 8.90. The summed E-state index contributed by atoms with van der Waals surface area (Å²) in [5.41, 5.74) is -0.897. The zero-order valence-electron chi connectivity index (χ0n) is 18.2. The number of hydrogen-bond donors (Lipinski definition) is 0. The van der Waals surface area contributed by atoms with Gasteiger partial charge in [-0.25, -0.2) is 4.39 Å². The van der Waals surface area contributed by atoms with Gasteiger partial charge in [0.05, 0.1) is 28.9 Å². The lowest BCUT2D eigenvalue weighted by Gasteiger charge is -2.40. The van der Waals surface area contributed by atoms with Crippen molar-refractivity contribution in [1.82, 2.24) is 9.97 Å². The first kappa shape index (κ1) is 22.3. The Labute approximate surface area is 181 Å². The molecule has 2 aromatic rings. The van der Waals surface area contributed by atoms with E-state index in [-0.39, 0.29) is 17.8 Å². The zero-order chi connectivity index (χ0) is 23.0. The quantitative estimate of drug-likeness (QED) is 0.731. The molecule has 0 fully saturated rings. The lowest BCUT2D eigenvalue weighted by Crippen LogP contribution is -2.43. The zero-order valence-corrected chi connectivity index (χ0v) is 18.2. The molecule has 3 rings (SSSR count). The third-order valence-corrected chi connectivity index (χ3v) is 5.73. The minimum atomic E-state index is -1.22. The molecule has 158 valence electrons. The van der Waals surface area contributed by atoms with Crippen LogP contribution in [0.1, 0.15) is 45.4 Å². The monoisotopic (exact) mass is 418 g/mol. The van der Waals surface area contributed by atoms with Gasteiger partial charge in [0.25, 0.3) is 0 Å². The molecule has 0 radical (unpaired) electrons. The maximum absolute atomic E-state index is 14.3. The molecule has 0 aromatic carbocycles. The molecule has 1 unspecified atom stereocenters. The molecule has 2 aromatic heterocycles. The van der Waals surface area contributed by atoms with Gasteiger partial charge < -0.3 is 4.74 Å². The maximum Gasteiger partial charge on any atom is 0.178 e. The van der Waals surface area contributed by atoms with Crippen LogP contribution in [0.15, 0.2) is 42.4 Å². The van der Waals surface area contributed by atoms with Crippen LogP contribution in [0.25, 0.3) is 11.1 Å². The van der Waals surface area contributed by atoms with Crippen LogP contribution in [0.2, 0.25) is 0 Å². The number of ether oxygens (including phenoxy) is 1. The van der Waals surface area contributed by atoms with Gasteiger partial charge in [-0.2, -0.15) is 10.5 Å². The highest BCUT2D eigenvalue weighted by Gasteiger charge is 2.48. The summed E-state index contributed by atoms with van der Waals surface area (Å²) in [6.07, 6.45) is 5.94. The molecular formula is C24H23FN4O2. The fraction of sp³-hybridized carbons (Fsp3) is 0.375. The van der Waals surface area contributed by atoms with Crippen molar-refractivity contribution in [2.75, 3.05) is 7.11 Å². The topological polar surface area (TPSA) is 99.7 Å². The second kappa shape index (κ2) is 7.68. The number of halogens is 1. The number of nitrogens with zero attached hydrogens (tertiary/aromatic N) is 4. The van der Waals surface area contributed by atoms with E-state index in [4.69, 9.17) is 4.74 Å². The van der Waals surface area contributed by atoms with Gasteiger partial charge in [-0.3, -0.25) is 14.8 Å². The molecule has 31 heavy (non-hydrogen) atoms. The van der Waals surface area contributed by atoms with Crippen molar-refractivity contribution in [2.45, 2.75) is 45.1 Å². The Morgan fingerprint density at radius 3 is 2.52 bits per heavy atom. The number of ketones is 1. The Kier molecular flexibility index (Phi) is 5.52. The summed E-state index contributed by atoms with van der Waals surface area (Å²) >= 11 is 0. The Balaban J connectivity index is 2.30. The molecule has 1 aliphatic rings. The summed E-state index contributed by atoms with van der Waals surface area (Å²) in [7, 11) is 1.47. The van der Waals surface area contributed by atoms with Crippen LogP contribution in [-0.2, 0) is 20.5 Å². The minimum Gasteiger partial charge on any atom is -0.368 e. The molecule has 1 aliphatic carbocycles. The highest BCUT2D eigenvalue weighted by molar-refractivity contribution is 6.04. The molecule has 0 N–H and O–H groups in total. The predicted octanol–water partition coefficient (Wildman–Crippen LogP) is 4.37. The van der Waals surface area contributed by atoms with E-state index in [0.717, 1.165) is 6.20 Å². The second-order valence-electron chi connectivity index (χ2n) is 8.90. The first-order valence-electron chi connectivity index (χ1n) is 9.76. The van der Waals surface area contributed by atoms with Crippen molar-refractivity contribution >= 4 is 5.78 Å². The predicted molar refractivity (Wildman–Crippen MR) is 112 cm³/mol. The van der Waals surface area contributed by atoms with Crippen LogP contribution in [0.5, 0.6) is 0 Å². The highest BCUT2D eigenvalue weighted by atomic mass is 19.1. The minimum absolute atomic E-state index is 0.0207. The number of hydrogen-bond acceptors (Lipinski definition) is 6. The average Bonchev–Trinajstić information content (AvgIpc) is 2.75. The molecule has 0 saturated heterocycles. The van der Waals surface area contributed by atoms with E-state index in [1.807, 2.05) is 6.07 Å². The first-order valence-corrected chi connectivity index (χ1v) is 9.76. The molecule has 7 heteroatoms. The van der Waals surface area contributed by atoms with E-state index in [1.165, 1.54) is 19.3 Å². The van der Waals surface area contributed by atoms with Crippen molar-refractivity contribution in [3.8, 4) is 23.3 Å². The van der Waals surface area contributed by atoms with Crippen LogP contribution in [0, 0.1) is 33.9 Å². The number of aromatic nitrogens is 2. The van der Waals surface area contributed by atoms with Gasteiger partial charge >= 0.3 is 0 Å². The van der Waals surface area contributed by atoms with E-state index >= 15 is 0 Å². The summed E-state index contributed by atoms with van der Waals surface area (Å²) in [5, 5.41) is 19.0. The molecule has 6 nitrogen and oxygen atoms in total. The number of rotatable bonds is 4. The fourth-order valence-electron chi connectivity index (χ4n) is 3.90. The van der Waals surface area contributed by atoms with E-state index in [2.05, 4.69) is 16.0 Å². The molecular weight excluding hydrogens is 395 g/mol. The average molecular weight is 418 g/mol. The number of allylic oxidation sites excluding steroid dienone is 1. The molecule has 1 atom stereocenters. The van der Waals surface area contributed by atoms with Gasteiger partial charge in [0.2, 0.25) is 0 Å². The number of pyridine rings is 2. The smallest absolute Gasteiger partial charge is 0.178 e. The largest absolute Gasteiger partial charge is 0.368 e. The van der Waals surface area contributed by atoms with Gasteiger partial charge in [-0.1, -0.05) is 13.8 Å². The van der Waals surface area contributed by atoms with Crippen molar-refractivity contribution in [1.29, 1.82) is 10.5 Å². The fourth-order valence-corrected chi connectivity index (χ4v) is 3.90. The van der Waals surface area contributed by atoms with Gasteiger partial charge in [0.15, 0.2) is 5.78 Å². The number of carbonyl (C=O) groups excluding carboxylic acids is 1. The Bertz CT molecular complexity index is 1170. The van der Waals surface area contributed by atoms with Gasteiger partial charge in [-0.15, -0.1) is 0 Å². The summed E-state index contributed by atoms with van der Waals surface area (Å²) in [4.78, 5) is 21.2. The normalized spacial score (nSPS) is 20.5. The molecule has 0 saturated carbocycles. The van der Waals surface area contributed by atoms with Crippen LogP contribution < -0.4 is 0 Å². The third-order valence-electron chi connectivity index (χ3n) is 5.73. The first-order chi connectivity index (χ1) is 14.5. The van der Waals surface area contributed by atoms with Crippen LogP contribution >= 0.6 is 0 Å². The van der Waals surface area contributed by atoms with Crippen LogP contribution in [-0.4, -0.2) is 22.9 Å². The van der Waals surface area contributed by atoms with Crippen molar-refractivity contribution in [2.24, 2.45) is 5.41 Å². The Morgan fingerprint density at radius 1 is 1.19 bits per heavy atom. The molecule has 0 aliphatic heterocycles. The van der Waals surface area contributed by atoms with E-state index in [1.54, 1.807) is 46.2 Å². The lowest BCUT2D eigenvalue weighted by atomic mass is 9.68. The SMILES string of the molecule is COC1(c2ncc(F)cc2-c2cncc(C(C)(C)C#N)c2)C=C(C#N)C(=O)C(C)(C)C1. The standard InChI is InChI=1S/C24H23FN4O2/c1-22(2)13-24(31-5,8-16(9-26)21(22)30)20-19(7-18(25)12-29-20)15-6-17(11-28-10-15)23(3,4)14-27/h6-8,10-12H,13H2,1-5H3. The van der Waals surface area contributed by atoms with Crippen molar-refractivity contribution < 1.29 is 13.9 Å². The van der Waals surface area contributed by atoms with Gasteiger partial charge in [0.1, 0.15) is 17.5 Å². The van der Waals surface area contributed by atoms with Crippen LogP contribution in [0.4, 0.5) is 4.39 Å². The maximum atomic E-state index is 14.3. The summed E-state index contributed by atoms with van der Waals surface area (Å²) in [6, 6.07) is 7.29. The number of Topliss-reactive ketones (excluding diaryl/α,β-unsaturated/α-hetero) is 1.